The minimum Gasteiger partial charge on any atom is -0.496 e. The Labute approximate surface area is 131 Å². The molecule has 3 rings (SSSR count). The first-order valence-corrected chi connectivity index (χ1v) is 7.36. The Hall–Kier alpha value is -2.33. The van der Waals surface area contributed by atoms with Gasteiger partial charge in [0.05, 0.1) is 18.5 Å². The number of pyridine rings is 1. The van der Waals surface area contributed by atoms with Gasteiger partial charge in [0.15, 0.2) is 0 Å². The molecule has 1 aromatic carbocycles. The normalized spacial score (nSPS) is 11.3. The Morgan fingerprint density at radius 2 is 2.00 bits per heavy atom. The predicted molar refractivity (Wildman–Crippen MR) is 89.3 cm³/mol. The molecule has 2 heterocycles. The number of benzene rings is 1. The molecule has 0 aliphatic rings. The Bertz CT molecular complexity index is 805. The first-order valence-electron chi connectivity index (χ1n) is 7.36. The van der Waals surface area contributed by atoms with Crippen molar-refractivity contribution in [2.45, 2.75) is 13.5 Å². The van der Waals surface area contributed by atoms with E-state index in [1.54, 1.807) is 7.11 Å². The molecule has 0 radical (unpaired) electrons. The second-order valence-corrected chi connectivity index (χ2v) is 5.76. The topological polar surface area (TPSA) is 29.8 Å². The van der Waals surface area contributed by atoms with Crippen LogP contribution in [0.5, 0.6) is 5.75 Å². The minimum absolute atomic E-state index is 0.839. The van der Waals surface area contributed by atoms with Crippen LogP contribution in [0.15, 0.2) is 42.6 Å². The van der Waals surface area contributed by atoms with Crippen molar-refractivity contribution in [3.05, 3.63) is 53.9 Å². The Kier molecular flexibility index (Phi) is 3.86. The lowest BCUT2D eigenvalue weighted by Crippen LogP contribution is -2.13. The molecule has 0 saturated heterocycles. The third-order valence-corrected chi connectivity index (χ3v) is 3.76. The Morgan fingerprint density at radius 3 is 2.68 bits per heavy atom. The number of imidazole rings is 1. The third-order valence-electron chi connectivity index (χ3n) is 3.76. The number of nitrogens with zero attached hydrogens (tertiary/aromatic N) is 3. The summed E-state index contributed by atoms with van der Waals surface area (Å²) in [6.07, 6.45) is 2.07. The lowest BCUT2D eigenvalue weighted by atomic mass is 10.1. The zero-order valence-electron chi connectivity index (χ0n) is 13.5. The van der Waals surface area contributed by atoms with Gasteiger partial charge in [-0.05, 0) is 56.9 Å². The number of hydrogen-bond donors (Lipinski definition) is 0. The second-order valence-electron chi connectivity index (χ2n) is 5.76. The van der Waals surface area contributed by atoms with Crippen LogP contribution >= 0.6 is 0 Å². The lowest BCUT2D eigenvalue weighted by molar-refractivity contribution is 0.396. The quantitative estimate of drug-likeness (QED) is 0.739. The number of ether oxygens (including phenoxy) is 1. The molecule has 4 heteroatoms. The molecule has 4 nitrogen and oxygen atoms in total. The van der Waals surface area contributed by atoms with Crippen molar-refractivity contribution < 1.29 is 4.74 Å². The smallest absolute Gasteiger partial charge is 0.137 e. The van der Waals surface area contributed by atoms with E-state index in [2.05, 4.69) is 48.6 Å². The van der Waals surface area contributed by atoms with E-state index >= 15 is 0 Å². The third kappa shape index (κ3) is 2.57. The molecule has 0 aliphatic carbocycles. The average Bonchev–Trinajstić information content (AvgIpc) is 2.85. The van der Waals surface area contributed by atoms with E-state index in [0.717, 1.165) is 34.8 Å². The summed E-state index contributed by atoms with van der Waals surface area (Å²) in [5.41, 5.74) is 5.45. The number of aryl methyl sites for hydroxylation is 1. The molecule has 0 spiro atoms. The van der Waals surface area contributed by atoms with Gasteiger partial charge in [0.25, 0.3) is 0 Å². The van der Waals surface area contributed by atoms with Crippen molar-refractivity contribution in [1.29, 1.82) is 0 Å². The highest BCUT2D eigenvalue weighted by Gasteiger charge is 2.15. The van der Waals surface area contributed by atoms with Crippen LogP contribution in [0.4, 0.5) is 0 Å². The van der Waals surface area contributed by atoms with Gasteiger partial charge in [-0.15, -0.1) is 0 Å². The molecule has 0 aliphatic heterocycles. The van der Waals surface area contributed by atoms with Gasteiger partial charge in [-0.1, -0.05) is 6.07 Å². The maximum Gasteiger partial charge on any atom is 0.137 e. The maximum absolute atomic E-state index is 5.36. The molecule has 0 N–H and O–H groups in total. The van der Waals surface area contributed by atoms with Gasteiger partial charge in [0.1, 0.15) is 11.4 Å². The molecular formula is C18H21N3O. The highest BCUT2D eigenvalue weighted by molar-refractivity contribution is 5.68. The highest BCUT2D eigenvalue weighted by Crippen LogP contribution is 2.29. The molecule has 0 bridgehead atoms. The molecule has 114 valence electrons. The second kappa shape index (κ2) is 5.81. The van der Waals surface area contributed by atoms with E-state index in [9.17, 15) is 0 Å². The maximum atomic E-state index is 5.36. The standard InChI is InChI=1S/C18H21N3O/c1-13-11-14(8-9-16(13)22-4)18-15(12-20(2)3)21-10-6-5-7-17(21)19-18/h5-11H,12H2,1-4H3. The van der Waals surface area contributed by atoms with Crippen LogP contribution in [0, 0.1) is 6.92 Å². The SMILES string of the molecule is COc1ccc(-c2nc3ccccn3c2CN(C)C)cc1C. The van der Waals surface area contributed by atoms with E-state index in [0.29, 0.717) is 0 Å². The van der Waals surface area contributed by atoms with Crippen molar-refractivity contribution >= 4 is 5.65 Å². The van der Waals surface area contributed by atoms with Crippen LogP contribution in [0.1, 0.15) is 11.3 Å². The van der Waals surface area contributed by atoms with E-state index in [1.165, 1.54) is 5.69 Å². The number of rotatable bonds is 4. The Morgan fingerprint density at radius 1 is 1.18 bits per heavy atom. The van der Waals surface area contributed by atoms with E-state index < -0.39 is 0 Å². The zero-order valence-corrected chi connectivity index (χ0v) is 13.5. The summed E-state index contributed by atoms with van der Waals surface area (Å²) in [6.45, 7) is 2.90. The first kappa shape index (κ1) is 14.6. The fourth-order valence-electron chi connectivity index (χ4n) is 2.75. The van der Waals surface area contributed by atoms with Gasteiger partial charge < -0.3 is 14.0 Å². The van der Waals surface area contributed by atoms with Gasteiger partial charge >= 0.3 is 0 Å². The summed E-state index contributed by atoms with van der Waals surface area (Å²) in [7, 11) is 5.85. The van der Waals surface area contributed by atoms with Crippen molar-refractivity contribution in [3.63, 3.8) is 0 Å². The van der Waals surface area contributed by atoms with E-state index in [-0.39, 0.29) is 0 Å². The van der Waals surface area contributed by atoms with Crippen molar-refractivity contribution in [1.82, 2.24) is 14.3 Å². The summed E-state index contributed by atoms with van der Waals surface area (Å²) >= 11 is 0. The average molecular weight is 295 g/mol. The summed E-state index contributed by atoms with van der Waals surface area (Å²) < 4.78 is 7.52. The number of fused-ring (bicyclic) bond motifs is 1. The van der Waals surface area contributed by atoms with Gasteiger partial charge in [0.2, 0.25) is 0 Å². The number of methoxy groups -OCH3 is 1. The van der Waals surface area contributed by atoms with Crippen LogP contribution in [0.25, 0.3) is 16.9 Å². The highest BCUT2D eigenvalue weighted by atomic mass is 16.5. The molecule has 0 unspecified atom stereocenters. The van der Waals surface area contributed by atoms with Gasteiger partial charge in [-0.3, -0.25) is 0 Å². The van der Waals surface area contributed by atoms with E-state index in [1.807, 2.05) is 24.3 Å². The molecule has 2 aromatic heterocycles. The Balaban J connectivity index is 2.19. The predicted octanol–water partition coefficient (Wildman–Crippen LogP) is 3.38. The summed E-state index contributed by atoms with van der Waals surface area (Å²) in [4.78, 5) is 6.99. The van der Waals surface area contributed by atoms with Crippen LogP contribution in [-0.2, 0) is 6.54 Å². The fourth-order valence-corrected chi connectivity index (χ4v) is 2.75. The summed E-state index contributed by atoms with van der Waals surface area (Å²) in [5, 5.41) is 0. The minimum atomic E-state index is 0.839. The monoisotopic (exact) mass is 295 g/mol. The van der Waals surface area contributed by atoms with Gasteiger partial charge in [0, 0.05) is 18.3 Å². The van der Waals surface area contributed by atoms with E-state index in [4.69, 9.17) is 9.72 Å². The van der Waals surface area contributed by atoms with Crippen molar-refractivity contribution in [2.75, 3.05) is 21.2 Å². The summed E-state index contributed by atoms with van der Waals surface area (Å²) in [5.74, 6) is 0.904. The van der Waals surface area contributed by atoms with Crippen molar-refractivity contribution in [2.24, 2.45) is 0 Å². The lowest BCUT2D eigenvalue weighted by Gasteiger charge is -2.12. The number of aromatic nitrogens is 2. The molecule has 0 amide bonds. The van der Waals surface area contributed by atoms with Crippen LogP contribution < -0.4 is 4.74 Å². The molecule has 3 aromatic rings. The first-order chi connectivity index (χ1) is 10.6. The van der Waals surface area contributed by atoms with Crippen LogP contribution in [0.3, 0.4) is 0 Å². The largest absolute Gasteiger partial charge is 0.496 e. The molecular weight excluding hydrogens is 274 g/mol. The summed E-state index contributed by atoms with van der Waals surface area (Å²) in [6, 6.07) is 12.3. The molecule has 0 atom stereocenters. The van der Waals surface area contributed by atoms with Crippen molar-refractivity contribution in [3.8, 4) is 17.0 Å². The fraction of sp³-hybridized carbons (Fsp3) is 0.278. The van der Waals surface area contributed by atoms with Gasteiger partial charge in [-0.2, -0.15) is 0 Å². The molecule has 0 fully saturated rings. The number of hydrogen-bond acceptors (Lipinski definition) is 3. The van der Waals surface area contributed by atoms with Gasteiger partial charge in [-0.25, -0.2) is 4.98 Å². The zero-order chi connectivity index (χ0) is 15.7. The molecule has 0 saturated carbocycles. The van der Waals surface area contributed by atoms with Crippen LogP contribution in [0.2, 0.25) is 0 Å². The van der Waals surface area contributed by atoms with Crippen LogP contribution in [-0.4, -0.2) is 35.5 Å². The molecule has 22 heavy (non-hydrogen) atoms.